The smallest absolute Gasteiger partial charge is 0.216 e. The Morgan fingerprint density at radius 2 is 1.60 bits per heavy atom. The molecule has 0 unspecified atom stereocenters. The van der Waals surface area contributed by atoms with Crippen molar-refractivity contribution in [3.63, 3.8) is 0 Å². The third-order valence-corrected chi connectivity index (χ3v) is 6.95. The normalized spacial score (nSPS) is 13.3. The van der Waals surface area contributed by atoms with E-state index < -0.39 is 13.7 Å². The van der Waals surface area contributed by atoms with E-state index in [2.05, 4.69) is 64.3 Å². The van der Waals surface area contributed by atoms with E-state index in [9.17, 15) is 0 Å². The van der Waals surface area contributed by atoms with Gasteiger partial charge in [0, 0.05) is 51.8 Å². The SMILES string of the molecule is [2H]C([2H])([2H])c1ccc(-c2[c-]cccc2)nc1.[2H]C([2H])([2H])c1ccc2c(n1)oc1c(-c3cc(CCc4ccc(C)cc4)ccn3)[c-]ccc12.[Ir]. The van der Waals surface area contributed by atoms with Crippen LogP contribution >= 0.6 is 0 Å². The van der Waals surface area contributed by atoms with Crippen molar-refractivity contribution in [3.05, 3.63) is 150 Å². The Hall–Kier alpha value is -4.44. The summed E-state index contributed by atoms with van der Waals surface area (Å²) in [5.41, 5.74) is 8.04. The summed E-state index contributed by atoms with van der Waals surface area (Å²) in [6.07, 6.45) is 5.05. The van der Waals surface area contributed by atoms with Gasteiger partial charge in [-0.25, -0.2) is 4.98 Å². The van der Waals surface area contributed by atoms with Crippen molar-refractivity contribution in [2.45, 2.75) is 33.5 Å². The molecule has 0 aliphatic rings. The Morgan fingerprint density at radius 3 is 2.37 bits per heavy atom. The van der Waals surface area contributed by atoms with Crippen molar-refractivity contribution in [2.75, 3.05) is 0 Å². The summed E-state index contributed by atoms with van der Waals surface area (Å²) in [6, 6.07) is 36.8. The first-order valence-corrected chi connectivity index (χ1v) is 13.6. The number of rotatable bonds is 5. The Bertz CT molecular complexity index is 2160. The van der Waals surface area contributed by atoms with Crippen LogP contribution in [0.3, 0.4) is 0 Å². The molecule has 0 amide bonds. The van der Waals surface area contributed by atoms with Gasteiger partial charge in [-0.1, -0.05) is 64.5 Å². The number of nitrogens with zero attached hydrogens (tertiary/aromatic N) is 3. The van der Waals surface area contributed by atoms with Crippen LogP contribution in [-0.4, -0.2) is 15.0 Å². The maximum absolute atomic E-state index is 7.61. The van der Waals surface area contributed by atoms with Crippen LogP contribution in [-0.2, 0) is 32.9 Å². The number of aromatic nitrogens is 3. The standard InChI is InChI=1S/C26H21N2O.C12H10N.Ir/c1-17-6-9-19(10-7-17)11-12-20-14-15-27-24(16-20)23-5-3-4-21-22-13-8-18(2)28-26(22)29-25(21)23;1-10-7-8-12(13-9-10)11-5-3-2-4-6-11;/h3-4,6-10,13-16H,11-12H2,1-2H3;2-5,7-9H,1H3;/q2*-1;/i2D3;1D3;. The van der Waals surface area contributed by atoms with Crippen molar-refractivity contribution in [3.8, 4) is 22.5 Å². The van der Waals surface area contributed by atoms with Gasteiger partial charge in [0.1, 0.15) is 0 Å². The van der Waals surface area contributed by atoms with Crippen LogP contribution in [0.1, 0.15) is 36.2 Å². The first-order valence-electron chi connectivity index (χ1n) is 16.6. The van der Waals surface area contributed by atoms with Crippen LogP contribution in [0.25, 0.3) is 44.6 Å². The predicted molar refractivity (Wildman–Crippen MR) is 170 cm³/mol. The van der Waals surface area contributed by atoms with Gasteiger partial charge in [0.05, 0.1) is 5.58 Å². The first-order chi connectivity index (χ1) is 23.0. The zero-order valence-electron chi connectivity index (χ0n) is 29.4. The fraction of sp³-hybridized carbons (Fsp3) is 0.132. The van der Waals surface area contributed by atoms with Crippen LogP contribution in [0.5, 0.6) is 0 Å². The minimum Gasteiger partial charge on any atom is -0.486 e. The van der Waals surface area contributed by atoms with Crippen LogP contribution in [0, 0.1) is 32.8 Å². The summed E-state index contributed by atoms with van der Waals surface area (Å²) in [4.78, 5) is 12.9. The fourth-order valence-corrected chi connectivity index (χ4v) is 4.73. The monoisotopic (exact) mass is 744 g/mol. The number of fused-ring (bicyclic) bond motifs is 3. The van der Waals surface area contributed by atoms with Crippen molar-refractivity contribution >= 4 is 22.1 Å². The van der Waals surface area contributed by atoms with E-state index in [4.69, 9.17) is 12.6 Å². The average Bonchev–Trinajstić information content (AvgIpc) is 3.46. The van der Waals surface area contributed by atoms with E-state index in [1.807, 2.05) is 36.4 Å². The summed E-state index contributed by atoms with van der Waals surface area (Å²) in [5.74, 6) is 0. The van der Waals surface area contributed by atoms with Gasteiger partial charge < -0.3 is 14.4 Å². The molecule has 43 heavy (non-hydrogen) atoms. The van der Waals surface area contributed by atoms with E-state index in [0.717, 1.165) is 46.1 Å². The average molecular weight is 744 g/mol. The summed E-state index contributed by atoms with van der Waals surface area (Å²) >= 11 is 0. The number of furan rings is 1. The van der Waals surface area contributed by atoms with E-state index in [1.54, 1.807) is 30.5 Å². The van der Waals surface area contributed by atoms with Gasteiger partial charge >= 0.3 is 0 Å². The summed E-state index contributed by atoms with van der Waals surface area (Å²) in [7, 11) is 0. The van der Waals surface area contributed by atoms with Crippen molar-refractivity contribution in [1.29, 1.82) is 0 Å². The second-order valence-electron chi connectivity index (χ2n) is 9.99. The van der Waals surface area contributed by atoms with Gasteiger partial charge in [-0.2, -0.15) is 0 Å². The maximum Gasteiger partial charge on any atom is 0.216 e. The maximum atomic E-state index is 7.61. The molecule has 7 rings (SSSR count). The summed E-state index contributed by atoms with van der Waals surface area (Å²) in [6.45, 7) is -2.28. The molecule has 0 N–H and O–H groups in total. The zero-order chi connectivity index (χ0) is 33.9. The molecule has 0 aliphatic carbocycles. The van der Waals surface area contributed by atoms with Gasteiger partial charge in [-0.15, -0.1) is 54.1 Å². The first kappa shape index (κ1) is 23.1. The molecule has 3 aromatic carbocycles. The van der Waals surface area contributed by atoms with Gasteiger partial charge in [-0.3, -0.25) is 0 Å². The molecule has 0 saturated carbocycles. The number of hydrogen-bond donors (Lipinski definition) is 0. The molecule has 4 nitrogen and oxygen atoms in total. The topological polar surface area (TPSA) is 51.8 Å². The van der Waals surface area contributed by atoms with Gasteiger partial charge in [-0.05, 0) is 74.2 Å². The number of aryl methyl sites for hydroxylation is 5. The minimum absolute atomic E-state index is 0. The van der Waals surface area contributed by atoms with Gasteiger partial charge in [0.2, 0.25) is 5.71 Å². The molecule has 7 aromatic rings. The molecule has 0 atom stereocenters. The Labute approximate surface area is 274 Å². The zero-order valence-corrected chi connectivity index (χ0v) is 25.8. The molecule has 0 fully saturated rings. The molecule has 0 bridgehead atoms. The van der Waals surface area contributed by atoms with Gasteiger partial charge in [0.25, 0.3) is 0 Å². The minimum atomic E-state index is -2.28. The number of benzene rings is 3. The number of hydrogen-bond acceptors (Lipinski definition) is 4. The fourth-order valence-electron chi connectivity index (χ4n) is 4.73. The molecule has 1 radical (unpaired) electrons. The van der Waals surface area contributed by atoms with Crippen molar-refractivity contribution < 1.29 is 32.7 Å². The Balaban J connectivity index is 0.000000233. The van der Waals surface area contributed by atoms with E-state index in [-0.39, 0.29) is 31.4 Å². The van der Waals surface area contributed by atoms with Crippen LogP contribution in [0.2, 0.25) is 0 Å². The Morgan fingerprint density at radius 1 is 0.744 bits per heavy atom. The summed E-state index contributed by atoms with van der Waals surface area (Å²) < 4.78 is 50.5. The van der Waals surface area contributed by atoms with Crippen molar-refractivity contribution in [1.82, 2.24) is 15.0 Å². The third-order valence-electron chi connectivity index (χ3n) is 6.95. The number of pyridine rings is 3. The molecule has 0 aliphatic heterocycles. The predicted octanol–water partition coefficient (Wildman–Crippen LogP) is 9.10. The van der Waals surface area contributed by atoms with E-state index in [0.29, 0.717) is 11.3 Å². The Kier molecular flexibility index (Phi) is 7.34. The molecule has 4 aromatic heterocycles. The molecule has 215 valence electrons. The molecule has 0 spiro atoms. The van der Waals surface area contributed by atoms with Crippen LogP contribution in [0.4, 0.5) is 0 Å². The molecular weight excluding hydrogens is 707 g/mol. The molecule has 0 saturated heterocycles. The largest absolute Gasteiger partial charge is 0.486 e. The molecule has 5 heteroatoms. The van der Waals surface area contributed by atoms with Gasteiger partial charge in [0.15, 0.2) is 0 Å². The molecule has 4 heterocycles. The molecular formula is C38H31IrN3O-2. The van der Waals surface area contributed by atoms with Crippen LogP contribution in [0.15, 0.2) is 114 Å². The van der Waals surface area contributed by atoms with E-state index >= 15 is 0 Å². The quantitative estimate of drug-likeness (QED) is 0.165. The van der Waals surface area contributed by atoms with Crippen molar-refractivity contribution in [2.24, 2.45) is 0 Å². The van der Waals surface area contributed by atoms with E-state index in [1.165, 1.54) is 29.0 Å². The second kappa shape index (κ2) is 13.7. The second-order valence-corrected chi connectivity index (χ2v) is 9.99. The van der Waals surface area contributed by atoms with Crippen LogP contribution < -0.4 is 0 Å². The third kappa shape index (κ3) is 7.14. The summed E-state index contributed by atoms with van der Waals surface area (Å²) in [5, 5.41) is 1.64.